The zero-order chi connectivity index (χ0) is 12.4. The van der Waals surface area contributed by atoms with Crippen molar-refractivity contribution < 1.29 is 8.78 Å². The van der Waals surface area contributed by atoms with Crippen molar-refractivity contribution in [3.8, 4) is 0 Å². The third-order valence-corrected chi connectivity index (χ3v) is 2.22. The van der Waals surface area contributed by atoms with Gasteiger partial charge in [-0.1, -0.05) is 11.6 Å². The van der Waals surface area contributed by atoms with E-state index in [0.29, 0.717) is 0 Å². The number of hydrogen-bond donors (Lipinski definition) is 2. The first-order chi connectivity index (χ1) is 8.06. The summed E-state index contributed by atoms with van der Waals surface area (Å²) in [6.07, 6.45) is 1.29. The molecule has 0 atom stereocenters. The number of hydrogen-bond acceptors (Lipinski definition) is 4. The Hall–Kier alpha value is -1.95. The molecule has 2 aromatic rings. The number of halogens is 3. The summed E-state index contributed by atoms with van der Waals surface area (Å²) in [6, 6.07) is 3.10. The van der Waals surface area contributed by atoms with Crippen molar-refractivity contribution in [3.05, 3.63) is 41.1 Å². The Balaban J connectivity index is 2.34. The summed E-state index contributed by atoms with van der Waals surface area (Å²) in [7, 11) is 0. The molecule has 0 amide bonds. The van der Waals surface area contributed by atoms with E-state index in [-0.39, 0.29) is 22.5 Å². The van der Waals surface area contributed by atoms with Crippen LogP contribution in [0.1, 0.15) is 0 Å². The molecule has 0 fully saturated rings. The number of rotatable bonds is 2. The molecule has 0 bridgehead atoms. The van der Waals surface area contributed by atoms with Crippen LogP contribution in [0.4, 0.5) is 26.2 Å². The summed E-state index contributed by atoms with van der Waals surface area (Å²) in [4.78, 5) is 7.45. The van der Waals surface area contributed by atoms with Crippen LogP contribution in [0, 0.1) is 11.6 Å². The summed E-state index contributed by atoms with van der Waals surface area (Å²) in [6.45, 7) is 0. The lowest BCUT2D eigenvalue weighted by Crippen LogP contribution is -2.01. The van der Waals surface area contributed by atoms with E-state index in [1.807, 2.05) is 0 Å². The normalized spacial score (nSPS) is 10.3. The van der Waals surface area contributed by atoms with Crippen LogP contribution in [-0.4, -0.2) is 9.97 Å². The maximum absolute atomic E-state index is 13.3. The second-order valence-corrected chi connectivity index (χ2v) is 3.58. The Morgan fingerprint density at radius 3 is 2.76 bits per heavy atom. The molecule has 3 N–H and O–H groups in total. The lowest BCUT2D eigenvalue weighted by molar-refractivity contribution is 0.586. The van der Waals surface area contributed by atoms with Crippen LogP contribution in [0.25, 0.3) is 0 Å². The molecule has 2 rings (SSSR count). The molecule has 1 aromatic heterocycles. The zero-order valence-corrected chi connectivity index (χ0v) is 9.17. The molecule has 88 valence electrons. The lowest BCUT2D eigenvalue weighted by atomic mass is 10.3. The van der Waals surface area contributed by atoms with Gasteiger partial charge in [-0.05, 0) is 12.1 Å². The number of nitrogens with zero attached hydrogens (tertiary/aromatic N) is 2. The van der Waals surface area contributed by atoms with Crippen molar-refractivity contribution in [3.63, 3.8) is 0 Å². The molecule has 0 saturated heterocycles. The van der Waals surface area contributed by atoms with E-state index < -0.39 is 11.6 Å². The molecule has 0 saturated carbocycles. The average molecular weight is 257 g/mol. The Bertz CT molecular complexity index is 562. The van der Waals surface area contributed by atoms with Crippen LogP contribution < -0.4 is 11.1 Å². The second-order valence-electron chi connectivity index (χ2n) is 3.17. The zero-order valence-electron chi connectivity index (χ0n) is 8.42. The van der Waals surface area contributed by atoms with Gasteiger partial charge in [0.25, 0.3) is 0 Å². The molecule has 0 aliphatic heterocycles. The Labute approximate surface area is 100 Å². The van der Waals surface area contributed by atoms with E-state index >= 15 is 0 Å². The predicted octanol–water partition coefficient (Wildman–Crippen LogP) is 2.73. The van der Waals surface area contributed by atoms with Gasteiger partial charge < -0.3 is 11.1 Å². The molecule has 0 unspecified atom stereocenters. The highest BCUT2D eigenvalue weighted by Gasteiger charge is 2.08. The van der Waals surface area contributed by atoms with E-state index in [4.69, 9.17) is 17.3 Å². The van der Waals surface area contributed by atoms with Crippen LogP contribution in [0.2, 0.25) is 5.02 Å². The number of nitrogens with two attached hydrogens (primary N) is 1. The summed E-state index contributed by atoms with van der Waals surface area (Å²) in [5.41, 5.74) is 5.42. The van der Waals surface area contributed by atoms with Crippen molar-refractivity contribution in [1.29, 1.82) is 0 Å². The summed E-state index contributed by atoms with van der Waals surface area (Å²) in [5.74, 6) is -1.26. The third-order valence-electron chi connectivity index (χ3n) is 1.95. The Kier molecular flexibility index (Phi) is 3.06. The number of aromatic nitrogens is 2. The Morgan fingerprint density at radius 1 is 1.29 bits per heavy atom. The summed E-state index contributed by atoms with van der Waals surface area (Å²) >= 11 is 5.79. The fraction of sp³-hybridized carbons (Fsp3) is 0. The SMILES string of the molecule is Nc1ncc(Cl)c(Nc2ccc(F)cc2F)n1. The smallest absolute Gasteiger partial charge is 0.222 e. The van der Waals surface area contributed by atoms with Crippen molar-refractivity contribution in [2.24, 2.45) is 0 Å². The van der Waals surface area contributed by atoms with E-state index in [1.165, 1.54) is 12.3 Å². The van der Waals surface area contributed by atoms with Crippen molar-refractivity contribution >= 4 is 29.1 Å². The lowest BCUT2D eigenvalue weighted by Gasteiger charge is -2.08. The number of benzene rings is 1. The maximum Gasteiger partial charge on any atom is 0.222 e. The molecule has 4 nitrogen and oxygen atoms in total. The van der Waals surface area contributed by atoms with Gasteiger partial charge in [0.05, 0.1) is 11.9 Å². The molecule has 17 heavy (non-hydrogen) atoms. The molecule has 0 aliphatic rings. The Morgan fingerprint density at radius 2 is 2.06 bits per heavy atom. The minimum atomic E-state index is -0.752. The van der Waals surface area contributed by atoms with Gasteiger partial charge in [-0.2, -0.15) is 4.98 Å². The highest BCUT2D eigenvalue weighted by Crippen LogP contribution is 2.24. The van der Waals surface area contributed by atoms with E-state index in [1.54, 1.807) is 0 Å². The molecule has 0 spiro atoms. The first-order valence-corrected chi connectivity index (χ1v) is 4.94. The van der Waals surface area contributed by atoms with Gasteiger partial charge in [0.1, 0.15) is 16.7 Å². The topological polar surface area (TPSA) is 63.8 Å². The molecular formula is C10H7ClF2N4. The molecular weight excluding hydrogens is 250 g/mol. The minimum absolute atomic E-state index is 0.000537. The highest BCUT2D eigenvalue weighted by molar-refractivity contribution is 6.32. The fourth-order valence-corrected chi connectivity index (χ4v) is 1.33. The maximum atomic E-state index is 13.3. The number of nitrogens with one attached hydrogen (secondary N) is 1. The first-order valence-electron chi connectivity index (χ1n) is 4.56. The van der Waals surface area contributed by atoms with E-state index in [2.05, 4.69) is 15.3 Å². The number of anilines is 3. The van der Waals surface area contributed by atoms with Gasteiger partial charge >= 0.3 is 0 Å². The van der Waals surface area contributed by atoms with Crippen LogP contribution in [0.5, 0.6) is 0 Å². The summed E-state index contributed by atoms with van der Waals surface area (Å²) < 4.78 is 26.0. The van der Waals surface area contributed by atoms with Crippen molar-refractivity contribution in [2.75, 3.05) is 11.1 Å². The monoisotopic (exact) mass is 256 g/mol. The minimum Gasteiger partial charge on any atom is -0.368 e. The fourth-order valence-electron chi connectivity index (χ4n) is 1.19. The highest BCUT2D eigenvalue weighted by atomic mass is 35.5. The third kappa shape index (κ3) is 2.59. The van der Waals surface area contributed by atoms with Gasteiger partial charge in [-0.3, -0.25) is 0 Å². The van der Waals surface area contributed by atoms with Crippen LogP contribution >= 0.6 is 11.6 Å². The van der Waals surface area contributed by atoms with Crippen LogP contribution in [0.15, 0.2) is 24.4 Å². The molecule has 1 aromatic carbocycles. The summed E-state index contributed by atoms with van der Waals surface area (Å²) in [5, 5.41) is 2.79. The average Bonchev–Trinajstić information content (AvgIpc) is 2.27. The van der Waals surface area contributed by atoms with Crippen LogP contribution in [0.3, 0.4) is 0 Å². The van der Waals surface area contributed by atoms with Crippen molar-refractivity contribution in [1.82, 2.24) is 9.97 Å². The number of nitrogen functional groups attached to an aromatic ring is 1. The largest absolute Gasteiger partial charge is 0.368 e. The van der Waals surface area contributed by atoms with E-state index in [9.17, 15) is 8.78 Å². The van der Waals surface area contributed by atoms with Gasteiger partial charge in [0, 0.05) is 6.07 Å². The standard InChI is InChI=1S/C10H7ClF2N4/c11-6-4-15-10(14)17-9(6)16-8-2-1-5(12)3-7(8)13/h1-4H,(H3,14,15,16,17). The van der Waals surface area contributed by atoms with Crippen molar-refractivity contribution in [2.45, 2.75) is 0 Å². The molecule has 1 heterocycles. The first kappa shape index (κ1) is 11.5. The molecule has 0 radical (unpaired) electrons. The predicted molar refractivity (Wildman–Crippen MR) is 61.1 cm³/mol. The quantitative estimate of drug-likeness (QED) is 0.867. The van der Waals surface area contributed by atoms with Gasteiger partial charge in [0.15, 0.2) is 5.82 Å². The van der Waals surface area contributed by atoms with Crippen LogP contribution in [-0.2, 0) is 0 Å². The van der Waals surface area contributed by atoms with Gasteiger partial charge in [0.2, 0.25) is 5.95 Å². The molecule has 7 heteroatoms. The van der Waals surface area contributed by atoms with Gasteiger partial charge in [-0.15, -0.1) is 0 Å². The van der Waals surface area contributed by atoms with E-state index in [0.717, 1.165) is 12.1 Å². The second kappa shape index (κ2) is 4.50. The van der Waals surface area contributed by atoms with Gasteiger partial charge in [-0.25, -0.2) is 13.8 Å². The molecule has 0 aliphatic carbocycles.